The number of nitrogens with zero attached hydrogens (tertiary/aromatic N) is 2. The van der Waals surface area contributed by atoms with Gasteiger partial charge in [0.1, 0.15) is 0 Å². The van der Waals surface area contributed by atoms with E-state index in [1.54, 1.807) is 31.1 Å². The van der Waals surface area contributed by atoms with Crippen molar-refractivity contribution in [3.05, 3.63) is 18.5 Å². The second kappa shape index (κ2) is 7.48. The number of nitrogens with one attached hydrogen (secondary N) is 1. The molecule has 0 aliphatic heterocycles. The third kappa shape index (κ3) is 6.11. The fraction of sp³-hybridized carbons (Fsp3) is 0.750. The predicted octanol–water partition coefficient (Wildman–Crippen LogP) is -0.379. The molecule has 1 rings (SSSR count). The summed E-state index contributed by atoms with van der Waals surface area (Å²) in [6.45, 7) is 3.55. The highest BCUT2D eigenvalue weighted by atomic mass is 16.5. The molecule has 0 bridgehead atoms. The second-order valence-electron chi connectivity index (χ2n) is 4.75. The van der Waals surface area contributed by atoms with Crippen LogP contribution in [0.1, 0.15) is 13.3 Å². The standard InChI is InChI=1S/C12H23N3O3/c1-12(17,4-7-18-2)10-13-8-11(16)9-15-6-3-5-14-15/h3,5-6,11,13,16-17H,4,7-10H2,1-2H3. The average Bonchev–Trinajstić information content (AvgIpc) is 2.79. The molecule has 0 aromatic carbocycles. The zero-order chi connectivity index (χ0) is 13.4. The minimum Gasteiger partial charge on any atom is -0.390 e. The largest absolute Gasteiger partial charge is 0.390 e. The molecule has 0 spiro atoms. The van der Waals surface area contributed by atoms with Crippen LogP contribution < -0.4 is 5.32 Å². The zero-order valence-corrected chi connectivity index (χ0v) is 11.0. The van der Waals surface area contributed by atoms with Crippen LogP contribution in [-0.2, 0) is 11.3 Å². The van der Waals surface area contributed by atoms with Crippen LogP contribution in [0.4, 0.5) is 0 Å². The average molecular weight is 257 g/mol. The first kappa shape index (κ1) is 15.1. The first-order valence-corrected chi connectivity index (χ1v) is 6.11. The van der Waals surface area contributed by atoms with Gasteiger partial charge in [0.05, 0.1) is 18.2 Å². The van der Waals surface area contributed by atoms with Crippen molar-refractivity contribution in [3.8, 4) is 0 Å². The SMILES string of the molecule is COCCC(C)(O)CNCC(O)Cn1cccn1. The maximum Gasteiger partial charge on any atom is 0.0860 e. The molecule has 0 aliphatic rings. The van der Waals surface area contributed by atoms with Crippen molar-refractivity contribution in [1.29, 1.82) is 0 Å². The van der Waals surface area contributed by atoms with E-state index >= 15 is 0 Å². The quantitative estimate of drug-likeness (QED) is 0.562. The molecule has 2 atom stereocenters. The number of aliphatic hydroxyl groups excluding tert-OH is 1. The summed E-state index contributed by atoms with van der Waals surface area (Å²) in [4.78, 5) is 0. The van der Waals surface area contributed by atoms with Crippen molar-refractivity contribution in [3.63, 3.8) is 0 Å². The second-order valence-corrected chi connectivity index (χ2v) is 4.75. The fourth-order valence-electron chi connectivity index (χ4n) is 1.61. The Balaban J connectivity index is 2.16. The van der Waals surface area contributed by atoms with Crippen LogP contribution in [0.3, 0.4) is 0 Å². The van der Waals surface area contributed by atoms with E-state index in [0.717, 1.165) is 0 Å². The molecular formula is C12H23N3O3. The van der Waals surface area contributed by atoms with E-state index in [0.29, 0.717) is 32.7 Å². The summed E-state index contributed by atoms with van der Waals surface area (Å²) < 4.78 is 6.60. The Morgan fingerprint density at radius 3 is 2.94 bits per heavy atom. The van der Waals surface area contributed by atoms with Crippen LogP contribution in [-0.4, -0.2) is 58.5 Å². The van der Waals surface area contributed by atoms with Crippen molar-refractivity contribution in [2.45, 2.75) is 31.6 Å². The van der Waals surface area contributed by atoms with Gasteiger partial charge in [-0.2, -0.15) is 5.10 Å². The number of ether oxygens (including phenoxy) is 1. The van der Waals surface area contributed by atoms with Gasteiger partial charge in [-0.05, 0) is 13.0 Å². The molecule has 3 N–H and O–H groups in total. The first-order valence-electron chi connectivity index (χ1n) is 6.11. The number of rotatable bonds is 9. The highest BCUT2D eigenvalue weighted by Gasteiger charge is 2.19. The van der Waals surface area contributed by atoms with Gasteiger partial charge in [0.2, 0.25) is 0 Å². The Morgan fingerprint density at radius 2 is 2.33 bits per heavy atom. The van der Waals surface area contributed by atoms with Crippen molar-refractivity contribution in [2.75, 3.05) is 26.8 Å². The first-order chi connectivity index (χ1) is 8.53. The van der Waals surface area contributed by atoms with Crippen molar-refractivity contribution < 1.29 is 14.9 Å². The zero-order valence-electron chi connectivity index (χ0n) is 11.0. The third-order valence-electron chi connectivity index (χ3n) is 2.69. The van der Waals surface area contributed by atoms with Crippen LogP contribution in [0, 0.1) is 0 Å². The van der Waals surface area contributed by atoms with Crippen LogP contribution in [0.25, 0.3) is 0 Å². The van der Waals surface area contributed by atoms with E-state index < -0.39 is 11.7 Å². The Bertz CT molecular complexity index is 314. The van der Waals surface area contributed by atoms with Crippen LogP contribution in [0.2, 0.25) is 0 Å². The molecular weight excluding hydrogens is 234 g/mol. The molecule has 0 radical (unpaired) electrons. The number of aromatic nitrogens is 2. The molecule has 104 valence electrons. The van der Waals surface area contributed by atoms with Gasteiger partial charge in [-0.25, -0.2) is 0 Å². The molecule has 0 aliphatic carbocycles. The topological polar surface area (TPSA) is 79.5 Å². The van der Waals surface area contributed by atoms with Gasteiger partial charge in [-0.3, -0.25) is 4.68 Å². The van der Waals surface area contributed by atoms with Gasteiger partial charge >= 0.3 is 0 Å². The van der Waals surface area contributed by atoms with E-state index in [4.69, 9.17) is 4.74 Å². The minimum absolute atomic E-state index is 0.420. The summed E-state index contributed by atoms with van der Waals surface area (Å²) in [5.41, 5.74) is -0.818. The third-order valence-corrected chi connectivity index (χ3v) is 2.69. The molecule has 2 unspecified atom stereocenters. The van der Waals surface area contributed by atoms with Gasteiger partial charge in [0, 0.05) is 45.6 Å². The molecule has 0 saturated carbocycles. The summed E-state index contributed by atoms with van der Waals surface area (Å²) >= 11 is 0. The van der Waals surface area contributed by atoms with E-state index in [2.05, 4.69) is 10.4 Å². The summed E-state index contributed by atoms with van der Waals surface area (Å²) in [5.74, 6) is 0. The molecule has 6 heteroatoms. The summed E-state index contributed by atoms with van der Waals surface area (Å²) in [6, 6.07) is 1.82. The Kier molecular flexibility index (Phi) is 6.28. The molecule has 1 aromatic rings. The molecule has 6 nitrogen and oxygen atoms in total. The van der Waals surface area contributed by atoms with Crippen molar-refractivity contribution >= 4 is 0 Å². The summed E-state index contributed by atoms with van der Waals surface area (Å²) in [7, 11) is 1.61. The number of hydrogen-bond donors (Lipinski definition) is 3. The van der Waals surface area contributed by atoms with E-state index in [1.165, 1.54) is 0 Å². The molecule has 0 saturated heterocycles. The Hall–Kier alpha value is -0.950. The highest BCUT2D eigenvalue weighted by Crippen LogP contribution is 2.07. The van der Waals surface area contributed by atoms with Gasteiger partial charge < -0.3 is 20.3 Å². The van der Waals surface area contributed by atoms with E-state index in [1.807, 2.05) is 6.07 Å². The summed E-state index contributed by atoms with van der Waals surface area (Å²) in [6.07, 6.45) is 3.52. The lowest BCUT2D eigenvalue weighted by Gasteiger charge is -2.24. The van der Waals surface area contributed by atoms with E-state index in [-0.39, 0.29) is 0 Å². The number of hydrogen-bond acceptors (Lipinski definition) is 5. The lowest BCUT2D eigenvalue weighted by Crippen LogP contribution is -2.42. The molecule has 0 fully saturated rings. The van der Waals surface area contributed by atoms with Gasteiger partial charge in [-0.1, -0.05) is 0 Å². The normalized spacial score (nSPS) is 16.4. The van der Waals surface area contributed by atoms with Crippen molar-refractivity contribution in [2.24, 2.45) is 0 Å². The highest BCUT2D eigenvalue weighted by molar-refractivity contribution is 4.79. The molecule has 0 amide bonds. The van der Waals surface area contributed by atoms with Gasteiger partial charge in [0.15, 0.2) is 0 Å². The maximum absolute atomic E-state index is 9.97. The maximum atomic E-state index is 9.97. The summed E-state index contributed by atoms with van der Waals surface area (Å²) in [5, 5.41) is 26.8. The smallest absolute Gasteiger partial charge is 0.0860 e. The lowest BCUT2D eigenvalue weighted by atomic mass is 10.0. The van der Waals surface area contributed by atoms with Crippen LogP contribution in [0.5, 0.6) is 0 Å². The Labute approximate surface area is 108 Å². The van der Waals surface area contributed by atoms with Gasteiger partial charge in [-0.15, -0.1) is 0 Å². The van der Waals surface area contributed by atoms with Crippen molar-refractivity contribution in [1.82, 2.24) is 15.1 Å². The predicted molar refractivity (Wildman–Crippen MR) is 68.2 cm³/mol. The molecule has 1 heterocycles. The number of aliphatic hydroxyl groups is 2. The van der Waals surface area contributed by atoms with Crippen LogP contribution in [0.15, 0.2) is 18.5 Å². The lowest BCUT2D eigenvalue weighted by molar-refractivity contribution is 0.0220. The molecule has 18 heavy (non-hydrogen) atoms. The minimum atomic E-state index is -0.818. The Morgan fingerprint density at radius 1 is 1.56 bits per heavy atom. The van der Waals surface area contributed by atoms with E-state index in [9.17, 15) is 10.2 Å². The van der Waals surface area contributed by atoms with Crippen LogP contribution >= 0.6 is 0 Å². The van der Waals surface area contributed by atoms with Gasteiger partial charge in [0.25, 0.3) is 0 Å². The fourth-order valence-corrected chi connectivity index (χ4v) is 1.61. The number of methoxy groups -OCH3 is 1. The monoisotopic (exact) mass is 257 g/mol. The molecule has 1 aromatic heterocycles.